The summed E-state index contributed by atoms with van der Waals surface area (Å²) in [7, 11) is 0. The first-order valence-corrected chi connectivity index (χ1v) is 8.18. The number of nitrogens with zero attached hydrogens (tertiary/aromatic N) is 1. The van der Waals surface area contributed by atoms with E-state index in [2.05, 4.69) is 4.98 Å². The molecular formula is C20H15F5N2O. The van der Waals surface area contributed by atoms with Crippen LogP contribution in [0.3, 0.4) is 0 Å². The molecule has 0 fully saturated rings. The molecule has 146 valence electrons. The molecule has 0 aliphatic heterocycles. The smallest absolute Gasteiger partial charge is 0.386 e. The topological polar surface area (TPSA) is 59.1 Å². The molecule has 2 atom stereocenters. The van der Waals surface area contributed by atoms with Crippen molar-refractivity contribution < 1.29 is 27.1 Å². The second-order valence-corrected chi connectivity index (χ2v) is 6.22. The van der Waals surface area contributed by atoms with Crippen molar-refractivity contribution in [1.82, 2.24) is 4.98 Å². The van der Waals surface area contributed by atoms with E-state index in [-0.39, 0.29) is 5.56 Å². The lowest BCUT2D eigenvalue weighted by molar-refractivity contribution is -0.140. The first-order valence-electron chi connectivity index (χ1n) is 8.18. The Morgan fingerprint density at radius 3 is 2.07 bits per heavy atom. The Morgan fingerprint density at radius 2 is 1.50 bits per heavy atom. The molecule has 2 aromatic carbocycles. The van der Waals surface area contributed by atoms with E-state index in [1.165, 1.54) is 12.3 Å². The summed E-state index contributed by atoms with van der Waals surface area (Å²) in [6, 6.07) is 8.79. The highest BCUT2D eigenvalue weighted by molar-refractivity contribution is 5.62. The van der Waals surface area contributed by atoms with Gasteiger partial charge >= 0.3 is 6.18 Å². The van der Waals surface area contributed by atoms with Gasteiger partial charge in [-0.05, 0) is 34.9 Å². The summed E-state index contributed by atoms with van der Waals surface area (Å²) in [5, 5.41) is 10.4. The third-order valence-corrected chi connectivity index (χ3v) is 4.31. The zero-order chi connectivity index (χ0) is 20.5. The lowest BCUT2D eigenvalue weighted by atomic mass is 9.94. The number of nitrogens with two attached hydrogens (primary N) is 1. The van der Waals surface area contributed by atoms with Gasteiger partial charge in [0.2, 0.25) is 0 Å². The summed E-state index contributed by atoms with van der Waals surface area (Å²) in [5.41, 5.74) is 6.10. The molecule has 0 saturated heterocycles. The molecule has 0 unspecified atom stereocenters. The quantitative estimate of drug-likeness (QED) is 0.626. The lowest BCUT2D eigenvalue weighted by Crippen LogP contribution is -2.20. The normalized spacial score (nSPS) is 14.0. The van der Waals surface area contributed by atoms with Crippen molar-refractivity contribution in [3.8, 4) is 11.1 Å². The first-order chi connectivity index (χ1) is 13.2. The Labute approximate surface area is 157 Å². The highest BCUT2D eigenvalue weighted by Gasteiger charge is 2.34. The Hall–Kier alpha value is -2.84. The average molecular weight is 394 g/mol. The van der Waals surface area contributed by atoms with E-state index in [0.29, 0.717) is 28.8 Å². The highest BCUT2D eigenvalue weighted by Crippen LogP contribution is 2.34. The van der Waals surface area contributed by atoms with Gasteiger partial charge in [-0.1, -0.05) is 30.3 Å². The Balaban J connectivity index is 1.81. The molecule has 0 aliphatic carbocycles. The molecule has 1 heterocycles. The number of pyridine rings is 1. The van der Waals surface area contributed by atoms with Crippen LogP contribution in [0.2, 0.25) is 0 Å². The van der Waals surface area contributed by atoms with Gasteiger partial charge in [-0.2, -0.15) is 13.2 Å². The number of aromatic nitrogens is 1. The zero-order valence-electron chi connectivity index (χ0n) is 14.3. The fourth-order valence-corrected chi connectivity index (χ4v) is 2.80. The van der Waals surface area contributed by atoms with Crippen LogP contribution < -0.4 is 5.73 Å². The van der Waals surface area contributed by atoms with Gasteiger partial charge in [0.05, 0.1) is 23.9 Å². The van der Waals surface area contributed by atoms with Crippen molar-refractivity contribution in [3.05, 3.63) is 89.2 Å². The molecule has 3 N–H and O–H groups in total. The molecule has 3 rings (SSSR count). The van der Waals surface area contributed by atoms with Crippen molar-refractivity contribution in [1.29, 1.82) is 0 Å². The largest absolute Gasteiger partial charge is 0.419 e. The Morgan fingerprint density at radius 1 is 0.857 bits per heavy atom. The monoisotopic (exact) mass is 394 g/mol. The van der Waals surface area contributed by atoms with Crippen LogP contribution in [-0.4, -0.2) is 10.1 Å². The number of benzene rings is 2. The molecule has 0 bridgehead atoms. The minimum atomic E-state index is -4.81. The SMILES string of the molecule is N[C@@H](c1ccc(C(F)(F)F)c(F)c1)[C@H](O)c1ccc(-c2cncc(F)c2)cc1. The van der Waals surface area contributed by atoms with Crippen molar-refractivity contribution in [3.63, 3.8) is 0 Å². The van der Waals surface area contributed by atoms with Crippen LogP contribution in [0.15, 0.2) is 60.9 Å². The maximum atomic E-state index is 13.8. The zero-order valence-corrected chi connectivity index (χ0v) is 14.3. The number of hydrogen-bond acceptors (Lipinski definition) is 3. The van der Waals surface area contributed by atoms with E-state index in [4.69, 9.17) is 5.73 Å². The van der Waals surface area contributed by atoms with Gasteiger partial charge in [-0.3, -0.25) is 4.98 Å². The van der Waals surface area contributed by atoms with Crippen LogP contribution in [0.4, 0.5) is 22.0 Å². The Bertz CT molecular complexity index is 973. The second-order valence-electron chi connectivity index (χ2n) is 6.22. The van der Waals surface area contributed by atoms with Crippen LogP contribution in [0, 0.1) is 11.6 Å². The van der Waals surface area contributed by atoms with Gasteiger partial charge < -0.3 is 10.8 Å². The number of aliphatic hydroxyl groups is 1. The molecule has 3 nitrogen and oxygen atoms in total. The van der Waals surface area contributed by atoms with Crippen molar-refractivity contribution >= 4 is 0 Å². The van der Waals surface area contributed by atoms with E-state index in [1.54, 1.807) is 24.3 Å². The van der Waals surface area contributed by atoms with Crippen LogP contribution in [-0.2, 0) is 6.18 Å². The van der Waals surface area contributed by atoms with Crippen LogP contribution in [0.1, 0.15) is 28.8 Å². The average Bonchev–Trinajstić information content (AvgIpc) is 2.66. The second kappa shape index (κ2) is 7.65. The molecule has 1 aromatic heterocycles. The van der Waals surface area contributed by atoms with E-state index >= 15 is 0 Å². The van der Waals surface area contributed by atoms with Crippen molar-refractivity contribution in [2.75, 3.05) is 0 Å². The lowest BCUT2D eigenvalue weighted by Gasteiger charge is -2.21. The van der Waals surface area contributed by atoms with Crippen LogP contribution in [0.5, 0.6) is 0 Å². The van der Waals surface area contributed by atoms with Gasteiger partial charge in [0.15, 0.2) is 0 Å². The fourth-order valence-electron chi connectivity index (χ4n) is 2.80. The molecule has 0 aliphatic rings. The van der Waals surface area contributed by atoms with Gasteiger partial charge in [0.1, 0.15) is 11.6 Å². The third-order valence-electron chi connectivity index (χ3n) is 4.31. The van der Waals surface area contributed by atoms with E-state index < -0.39 is 35.5 Å². The van der Waals surface area contributed by atoms with Gasteiger partial charge in [0.25, 0.3) is 0 Å². The highest BCUT2D eigenvalue weighted by atomic mass is 19.4. The molecule has 28 heavy (non-hydrogen) atoms. The minimum absolute atomic E-state index is 0.0245. The maximum Gasteiger partial charge on any atom is 0.419 e. The summed E-state index contributed by atoms with van der Waals surface area (Å²) in [6.07, 6.45) is -3.54. The Kier molecular flexibility index (Phi) is 5.44. The first kappa shape index (κ1) is 19.9. The third kappa shape index (κ3) is 4.18. The van der Waals surface area contributed by atoms with E-state index in [9.17, 15) is 27.1 Å². The molecule has 0 spiro atoms. The molecular weight excluding hydrogens is 379 g/mol. The van der Waals surface area contributed by atoms with Gasteiger partial charge in [-0.15, -0.1) is 0 Å². The summed E-state index contributed by atoms with van der Waals surface area (Å²) >= 11 is 0. The molecule has 8 heteroatoms. The van der Waals surface area contributed by atoms with Gasteiger partial charge in [0, 0.05) is 11.8 Å². The number of alkyl halides is 3. The van der Waals surface area contributed by atoms with Crippen LogP contribution >= 0.6 is 0 Å². The maximum absolute atomic E-state index is 13.8. The summed E-state index contributed by atoms with van der Waals surface area (Å²) in [4.78, 5) is 3.76. The molecule has 0 amide bonds. The number of aliphatic hydroxyl groups excluding tert-OH is 1. The van der Waals surface area contributed by atoms with Crippen molar-refractivity contribution in [2.45, 2.75) is 18.3 Å². The summed E-state index contributed by atoms with van der Waals surface area (Å²) in [6.45, 7) is 0. The predicted molar refractivity (Wildman–Crippen MR) is 92.9 cm³/mol. The standard InChI is InChI=1S/C20H15F5N2O/c21-15-7-14(9-27-10-15)11-1-3-12(4-2-11)19(28)18(26)13-5-6-16(17(22)8-13)20(23,24)25/h1-10,18-19,28H,26H2/t18-,19+/m0/s1. The molecule has 3 aromatic rings. The predicted octanol–water partition coefficient (Wildman–Crippen LogP) is 4.78. The van der Waals surface area contributed by atoms with Crippen molar-refractivity contribution in [2.24, 2.45) is 5.73 Å². The fraction of sp³-hybridized carbons (Fsp3) is 0.150. The number of rotatable bonds is 4. The van der Waals surface area contributed by atoms with Crippen LogP contribution in [0.25, 0.3) is 11.1 Å². The number of halogens is 5. The molecule has 0 saturated carbocycles. The molecule has 0 radical (unpaired) electrons. The van der Waals surface area contributed by atoms with Gasteiger partial charge in [-0.25, -0.2) is 8.78 Å². The summed E-state index contributed by atoms with van der Waals surface area (Å²) < 4.78 is 65.0. The summed E-state index contributed by atoms with van der Waals surface area (Å²) in [5.74, 6) is -1.95. The van der Waals surface area contributed by atoms with E-state index in [1.807, 2.05) is 0 Å². The number of hydrogen-bond donors (Lipinski definition) is 2. The van der Waals surface area contributed by atoms with E-state index in [0.717, 1.165) is 12.3 Å². The minimum Gasteiger partial charge on any atom is -0.386 e.